The maximum absolute atomic E-state index is 12.4. The zero-order chi connectivity index (χ0) is 17.9. The topological polar surface area (TPSA) is 110 Å². The third kappa shape index (κ3) is 3.83. The lowest BCUT2D eigenvalue weighted by Gasteiger charge is -2.12. The van der Waals surface area contributed by atoms with Crippen LogP contribution in [0.15, 0.2) is 47.4 Å². The largest absolute Gasteiger partial charge is 0.505 e. The van der Waals surface area contributed by atoms with Crippen molar-refractivity contribution in [1.82, 2.24) is 0 Å². The SMILES string of the molecule is CC[C@H](C)c1ccc(S(=O)(=O)Nc2ccc([N+](=O)[O-])cc2O)cc1. The van der Waals surface area contributed by atoms with Crippen molar-refractivity contribution in [2.24, 2.45) is 0 Å². The van der Waals surface area contributed by atoms with Crippen LogP contribution in [-0.4, -0.2) is 18.4 Å². The number of nitro benzene ring substituents is 1. The van der Waals surface area contributed by atoms with Crippen molar-refractivity contribution < 1.29 is 18.4 Å². The summed E-state index contributed by atoms with van der Waals surface area (Å²) in [4.78, 5) is 10.0. The average molecular weight is 350 g/mol. The number of rotatable bonds is 6. The van der Waals surface area contributed by atoms with Crippen LogP contribution >= 0.6 is 0 Å². The number of benzene rings is 2. The predicted molar refractivity (Wildman–Crippen MR) is 90.7 cm³/mol. The number of aromatic hydroxyl groups is 1. The molecule has 0 aliphatic carbocycles. The van der Waals surface area contributed by atoms with Gasteiger partial charge in [0.25, 0.3) is 15.7 Å². The number of phenolic OH excluding ortho intramolecular Hbond substituents is 1. The van der Waals surface area contributed by atoms with Crippen LogP contribution in [0, 0.1) is 10.1 Å². The van der Waals surface area contributed by atoms with Crippen LogP contribution in [0.25, 0.3) is 0 Å². The van der Waals surface area contributed by atoms with E-state index in [-0.39, 0.29) is 16.3 Å². The van der Waals surface area contributed by atoms with Gasteiger partial charge in [0.1, 0.15) is 5.75 Å². The quantitative estimate of drug-likeness (QED) is 0.470. The summed E-state index contributed by atoms with van der Waals surface area (Å²) in [6, 6.07) is 9.64. The minimum atomic E-state index is -3.90. The smallest absolute Gasteiger partial charge is 0.273 e. The van der Waals surface area contributed by atoms with Gasteiger partial charge in [-0.1, -0.05) is 26.0 Å². The van der Waals surface area contributed by atoms with Gasteiger partial charge in [0.2, 0.25) is 0 Å². The Kier molecular flexibility index (Phi) is 5.08. The number of hydrogen-bond acceptors (Lipinski definition) is 5. The van der Waals surface area contributed by atoms with Crippen molar-refractivity contribution in [3.05, 3.63) is 58.1 Å². The molecule has 0 aliphatic rings. The van der Waals surface area contributed by atoms with E-state index in [1.54, 1.807) is 12.1 Å². The van der Waals surface area contributed by atoms with Crippen LogP contribution in [0.1, 0.15) is 31.7 Å². The van der Waals surface area contributed by atoms with E-state index in [9.17, 15) is 23.6 Å². The van der Waals surface area contributed by atoms with E-state index in [2.05, 4.69) is 11.6 Å². The Morgan fingerprint density at radius 3 is 2.33 bits per heavy atom. The standard InChI is InChI=1S/C16H18N2O5S/c1-3-11(2)12-4-7-14(8-5-12)24(22,23)17-15-9-6-13(18(20)21)10-16(15)19/h4-11,17,19H,3H2,1-2H3/t11-/m0/s1. The molecule has 0 radical (unpaired) electrons. The first kappa shape index (κ1) is 17.7. The molecule has 0 saturated carbocycles. The minimum Gasteiger partial charge on any atom is -0.505 e. The Morgan fingerprint density at radius 2 is 1.83 bits per heavy atom. The lowest BCUT2D eigenvalue weighted by atomic mass is 9.99. The molecule has 1 atom stereocenters. The van der Waals surface area contributed by atoms with Gasteiger partial charge in [0, 0.05) is 6.07 Å². The van der Waals surface area contributed by atoms with Gasteiger partial charge < -0.3 is 5.11 Å². The zero-order valence-electron chi connectivity index (χ0n) is 13.3. The van der Waals surface area contributed by atoms with Crippen LogP contribution in [0.3, 0.4) is 0 Å². The third-order valence-electron chi connectivity index (χ3n) is 3.81. The number of nitro groups is 1. The summed E-state index contributed by atoms with van der Waals surface area (Å²) in [7, 11) is -3.90. The number of anilines is 1. The molecule has 0 fully saturated rings. The summed E-state index contributed by atoms with van der Waals surface area (Å²) >= 11 is 0. The fraction of sp³-hybridized carbons (Fsp3) is 0.250. The zero-order valence-corrected chi connectivity index (χ0v) is 14.1. The van der Waals surface area contributed by atoms with E-state index < -0.39 is 20.7 Å². The number of non-ortho nitro benzene ring substituents is 1. The van der Waals surface area contributed by atoms with E-state index in [0.717, 1.165) is 30.2 Å². The molecule has 0 heterocycles. The molecule has 0 spiro atoms. The van der Waals surface area contributed by atoms with Crippen LogP contribution in [0.4, 0.5) is 11.4 Å². The molecule has 128 valence electrons. The molecule has 0 aromatic heterocycles. The Morgan fingerprint density at radius 1 is 1.21 bits per heavy atom. The lowest BCUT2D eigenvalue weighted by Crippen LogP contribution is -2.13. The molecule has 2 N–H and O–H groups in total. The molecular weight excluding hydrogens is 332 g/mol. The lowest BCUT2D eigenvalue weighted by molar-refractivity contribution is -0.384. The normalized spacial score (nSPS) is 12.6. The van der Waals surface area contributed by atoms with Gasteiger partial charge in [-0.25, -0.2) is 8.42 Å². The Balaban J connectivity index is 2.27. The van der Waals surface area contributed by atoms with Crippen LogP contribution in [-0.2, 0) is 10.0 Å². The highest BCUT2D eigenvalue weighted by Crippen LogP contribution is 2.30. The number of hydrogen-bond donors (Lipinski definition) is 2. The molecule has 2 rings (SSSR count). The van der Waals surface area contributed by atoms with Crippen molar-refractivity contribution in [2.75, 3.05) is 4.72 Å². The third-order valence-corrected chi connectivity index (χ3v) is 5.19. The molecule has 2 aromatic rings. The molecule has 8 heteroatoms. The second kappa shape index (κ2) is 6.88. The van der Waals surface area contributed by atoms with Crippen molar-refractivity contribution in [1.29, 1.82) is 0 Å². The van der Waals surface area contributed by atoms with E-state index >= 15 is 0 Å². The highest BCUT2D eigenvalue weighted by Gasteiger charge is 2.18. The molecule has 0 aliphatic heterocycles. The summed E-state index contributed by atoms with van der Waals surface area (Å²) in [5.74, 6) is -0.183. The highest BCUT2D eigenvalue weighted by molar-refractivity contribution is 7.92. The second-order valence-corrected chi connectivity index (χ2v) is 7.12. The number of nitrogens with zero attached hydrogens (tertiary/aromatic N) is 1. The maximum Gasteiger partial charge on any atom is 0.273 e. The molecule has 0 unspecified atom stereocenters. The van der Waals surface area contributed by atoms with Crippen LogP contribution in [0.2, 0.25) is 0 Å². The number of sulfonamides is 1. The van der Waals surface area contributed by atoms with Crippen LogP contribution in [0.5, 0.6) is 5.75 Å². The first-order valence-electron chi connectivity index (χ1n) is 7.34. The first-order chi connectivity index (χ1) is 11.2. The van der Waals surface area contributed by atoms with Crippen molar-refractivity contribution in [3.63, 3.8) is 0 Å². The van der Waals surface area contributed by atoms with Crippen LogP contribution < -0.4 is 4.72 Å². The van der Waals surface area contributed by atoms with Gasteiger partial charge in [-0.15, -0.1) is 0 Å². The van der Waals surface area contributed by atoms with E-state index in [4.69, 9.17) is 0 Å². The average Bonchev–Trinajstić information content (AvgIpc) is 2.55. The van der Waals surface area contributed by atoms with E-state index in [1.165, 1.54) is 12.1 Å². The number of phenols is 1. The van der Waals surface area contributed by atoms with Gasteiger partial charge >= 0.3 is 0 Å². The molecular formula is C16H18N2O5S. The fourth-order valence-corrected chi connectivity index (χ4v) is 3.21. The minimum absolute atomic E-state index is 0.0484. The summed E-state index contributed by atoms with van der Waals surface area (Å²) in [5, 5.41) is 20.4. The van der Waals surface area contributed by atoms with Gasteiger partial charge in [-0.2, -0.15) is 0 Å². The van der Waals surface area contributed by atoms with Gasteiger partial charge in [-0.05, 0) is 36.1 Å². The van der Waals surface area contributed by atoms with E-state index in [0.29, 0.717) is 5.92 Å². The molecule has 0 bridgehead atoms. The summed E-state index contributed by atoms with van der Waals surface area (Å²) in [6.07, 6.45) is 0.945. The molecule has 0 amide bonds. The Labute approximate surface area is 140 Å². The van der Waals surface area contributed by atoms with Gasteiger partial charge in [0.05, 0.1) is 21.6 Å². The predicted octanol–water partition coefficient (Wildman–Crippen LogP) is 3.61. The summed E-state index contributed by atoms with van der Waals surface area (Å²) in [6.45, 7) is 4.10. The highest BCUT2D eigenvalue weighted by atomic mass is 32.2. The first-order valence-corrected chi connectivity index (χ1v) is 8.83. The second-order valence-electron chi connectivity index (χ2n) is 5.44. The van der Waals surface area contributed by atoms with Crippen molar-refractivity contribution in [3.8, 4) is 5.75 Å². The molecule has 7 nitrogen and oxygen atoms in total. The Bertz CT molecular complexity index is 847. The van der Waals surface area contributed by atoms with Crippen molar-refractivity contribution in [2.45, 2.75) is 31.1 Å². The number of nitrogens with one attached hydrogen (secondary N) is 1. The van der Waals surface area contributed by atoms with Gasteiger partial charge in [0.15, 0.2) is 0 Å². The van der Waals surface area contributed by atoms with Crippen molar-refractivity contribution >= 4 is 21.4 Å². The monoisotopic (exact) mass is 350 g/mol. The Hall–Kier alpha value is -2.61. The maximum atomic E-state index is 12.4. The molecule has 2 aromatic carbocycles. The van der Waals surface area contributed by atoms with E-state index in [1.807, 2.05) is 6.92 Å². The molecule has 0 saturated heterocycles. The summed E-state index contributed by atoms with van der Waals surface area (Å²) < 4.78 is 27.0. The fourth-order valence-electron chi connectivity index (χ4n) is 2.13. The summed E-state index contributed by atoms with van der Waals surface area (Å²) in [5.41, 5.74) is 0.592. The molecule has 24 heavy (non-hydrogen) atoms. The van der Waals surface area contributed by atoms with Gasteiger partial charge in [-0.3, -0.25) is 14.8 Å².